The van der Waals surface area contributed by atoms with Crippen molar-refractivity contribution < 1.29 is 37.8 Å². The van der Waals surface area contributed by atoms with Crippen LogP contribution >= 0.6 is 22.7 Å². The number of thiophene rings is 2. The van der Waals surface area contributed by atoms with Gasteiger partial charge in [0, 0.05) is 84.0 Å². The molecule has 8 rings (SSSR count). The largest absolute Gasteiger partial charge is 0.493 e. The summed E-state index contributed by atoms with van der Waals surface area (Å²) < 4.78 is 44.9. The number of halogens is 3. The summed E-state index contributed by atoms with van der Waals surface area (Å²) in [4.78, 5) is 57.9. The van der Waals surface area contributed by atoms with E-state index in [0.29, 0.717) is 40.4 Å². The summed E-state index contributed by atoms with van der Waals surface area (Å²) in [7, 11) is 0. The smallest absolute Gasteiger partial charge is 0.416 e. The van der Waals surface area contributed by atoms with Crippen LogP contribution in [0.1, 0.15) is 61.0 Å². The second-order valence-electron chi connectivity index (χ2n) is 15.8. The topological polar surface area (TPSA) is 144 Å². The SMILES string of the molecule is CCN1CCN(Cc2ccc(N(OC(=O)c3ccc(C)c(N=C(O)c4cncc(-c5cccs5)c4)c3)C(=O)c3ccc(C)c(N=C(O)c4cncc(-c5cccs5)c4)c3)cc2C(F)(F)F)CC1. The molecule has 7 aromatic rings. The molecule has 17 heteroatoms. The van der Waals surface area contributed by atoms with Gasteiger partial charge in [-0.1, -0.05) is 37.3 Å². The fourth-order valence-corrected chi connectivity index (χ4v) is 8.84. The number of amides is 1. The Morgan fingerprint density at radius 3 is 1.76 bits per heavy atom. The van der Waals surface area contributed by atoms with Gasteiger partial charge < -0.3 is 20.0 Å². The number of piperazine rings is 1. The van der Waals surface area contributed by atoms with E-state index in [4.69, 9.17) is 4.84 Å². The molecule has 4 aromatic heterocycles. The van der Waals surface area contributed by atoms with Crippen molar-refractivity contribution in [3.05, 3.63) is 171 Å². The van der Waals surface area contributed by atoms with E-state index < -0.39 is 29.5 Å². The van der Waals surface area contributed by atoms with Crippen LogP contribution in [-0.2, 0) is 17.6 Å². The molecule has 1 fully saturated rings. The molecule has 2 N–H and O–H groups in total. The van der Waals surface area contributed by atoms with Crippen LogP contribution in [0, 0.1) is 13.8 Å². The van der Waals surface area contributed by atoms with Gasteiger partial charge in [0.25, 0.3) is 5.91 Å². The zero-order chi connectivity index (χ0) is 47.2. The highest BCUT2D eigenvalue weighted by Crippen LogP contribution is 2.37. The Morgan fingerprint density at radius 2 is 1.24 bits per heavy atom. The third-order valence-corrected chi connectivity index (χ3v) is 13.1. The van der Waals surface area contributed by atoms with Gasteiger partial charge in [0.15, 0.2) is 0 Å². The predicted molar refractivity (Wildman–Crippen MR) is 256 cm³/mol. The fourth-order valence-electron chi connectivity index (χ4n) is 7.42. The van der Waals surface area contributed by atoms with Gasteiger partial charge in [-0.3, -0.25) is 19.7 Å². The number of hydroxylamine groups is 1. The van der Waals surface area contributed by atoms with Crippen molar-refractivity contribution >= 4 is 63.4 Å². The maximum atomic E-state index is 15.0. The third-order valence-electron chi connectivity index (χ3n) is 11.3. The minimum atomic E-state index is -4.83. The number of alkyl halides is 3. The second kappa shape index (κ2) is 20.2. The van der Waals surface area contributed by atoms with Gasteiger partial charge in [-0.05, 0) is 109 Å². The van der Waals surface area contributed by atoms with E-state index in [-0.39, 0.29) is 46.2 Å². The Hall–Kier alpha value is -7.05. The third kappa shape index (κ3) is 11.0. The summed E-state index contributed by atoms with van der Waals surface area (Å²) in [5, 5.41) is 26.7. The lowest BCUT2D eigenvalue weighted by molar-refractivity contribution is -0.138. The quantitative estimate of drug-likeness (QED) is 0.0695. The van der Waals surface area contributed by atoms with Crippen molar-refractivity contribution in [1.82, 2.24) is 19.8 Å². The monoisotopic (exact) mass is 943 g/mol. The van der Waals surface area contributed by atoms with Crippen molar-refractivity contribution in [3.63, 3.8) is 0 Å². The van der Waals surface area contributed by atoms with Crippen molar-refractivity contribution in [3.8, 4) is 20.9 Å². The number of aliphatic hydroxyl groups excluding tert-OH is 2. The average Bonchev–Trinajstić information content (AvgIpc) is 4.09. The molecule has 3 aromatic carbocycles. The molecule has 0 aliphatic carbocycles. The number of carbonyl (C=O) groups excluding carboxylic acids is 2. The normalized spacial score (nSPS) is 14.0. The molecule has 5 heterocycles. The highest BCUT2D eigenvalue weighted by atomic mass is 32.1. The number of aliphatic imine (C=N–C) groups is 2. The number of nitrogens with zero attached hydrogens (tertiary/aromatic N) is 7. The number of pyridine rings is 2. The summed E-state index contributed by atoms with van der Waals surface area (Å²) in [6.07, 6.45) is 1.38. The molecule has 1 amide bonds. The second-order valence-corrected chi connectivity index (χ2v) is 17.7. The van der Waals surface area contributed by atoms with E-state index in [0.717, 1.165) is 46.6 Å². The molecule has 0 unspecified atom stereocenters. The Balaban J connectivity index is 1.14. The molecule has 67 heavy (non-hydrogen) atoms. The van der Waals surface area contributed by atoms with Crippen LogP contribution in [0.2, 0.25) is 0 Å². The fraction of sp³-hybridized carbons (Fsp3) is 0.200. The van der Waals surface area contributed by atoms with E-state index in [2.05, 4.69) is 24.9 Å². The van der Waals surface area contributed by atoms with Crippen LogP contribution in [0.25, 0.3) is 20.9 Å². The number of hydrogen-bond acceptors (Lipinski definition) is 11. The molecule has 0 saturated carbocycles. The molecule has 0 spiro atoms. The Labute approximate surface area is 392 Å². The molecule has 0 bridgehead atoms. The molecule has 1 aliphatic rings. The minimum Gasteiger partial charge on any atom is -0.493 e. The van der Waals surface area contributed by atoms with E-state index >= 15 is 0 Å². The molecular formula is C50H44F3N7O5S2. The molecule has 12 nitrogen and oxygen atoms in total. The van der Waals surface area contributed by atoms with Crippen LogP contribution in [-0.4, -0.2) is 86.4 Å². The van der Waals surface area contributed by atoms with E-state index in [9.17, 15) is 33.0 Å². The van der Waals surface area contributed by atoms with E-state index in [1.165, 1.54) is 71.5 Å². The van der Waals surface area contributed by atoms with Gasteiger partial charge in [0.05, 0.1) is 39.3 Å². The number of hydrogen-bond donors (Lipinski definition) is 2. The number of benzene rings is 3. The van der Waals surface area contributed by atoms with Crippen molar-refractivity contribution in [2.45, 2.75) is 33.5 Å². The Morgan fingerprint density at radius 1 is 0.701 bits per heavy atom. The van der Waals surface area contributed by atoms with Crippen molar-refractivity contribution in [1.29, 1.82) is 0 Å². The van der Waals surface area contributed by atoms with Gasteiger partial charge in [0.2, 0.25) is 11.8 Å². The van der Waals surface area contributed by atoms with Crippen LogP contribution < -0.4 is 5.06 Å². The summed E-state index contributed by atoms with van der Waals surface area (Å²) in [5.41, 5.74) is 2.06. The Kier molecular flexibility index (Phi) is 14.0. The number of carbonyl (C=O) groups is 2. The zero-order valence-corrected chi connectivity index (χ0v) is 38.2. The zero-order valence-electron chi connectivity index (χ0n) is 36.6. The molecule has 342 valence electrons. The summed E-state index contributed by atoms with van der Waals surface area (Å²) in [6.45, 7) is 8.93. The number of likely N-dealkylation sites (N-methyl/N-ethyl adjacent to an activating group) is 1. The number of anilines is 1. The maximum Gasteiger partial charge on any atom is 0.416 e. The van der Waals surface area contributed by atoms with Crippen molar-refractivity contribution in [2.75, 3.05) is 37.8 Å². The first kappa shape index (κ1) is 46.5. The lowest BCUT2D eigenvalue weighted by atomic mass is 10.0. The van der Waals surface area contributed by atoms with Gasteiger partial charge in [0.1, 0.15) is 0 Å². The van der Waals surface area contributed by atoms with Crippen LogP contribution in [0.4, 0.5) is 30.2 Å². The summed E-state index contributed by atoms with van der Waals surface area (Å²) in [6, 6.07) is 23.2. The van der Waals surface area contributed by atoms with Gasteiger partial charge in [-0.25, -0.2) is 14.8 Å². The van der Waals surface area contributed by atoms with Crippen LogP contribution in [0.15, 0.2) is 137 Å². The molecular weight excluding hydrogens is 900 g/mol. The molecule has 1 saturated heterocycles. The highest BCUT2D eigenvalue weighted by molar-refractivity contribution is 7.13. The first-order valence-electron chi connectivity index (χ1n) is 21.2. The predicted octanol–water partition coefficient (Wildman–Crippen LogP) is 11.4. The molecule has 0 radical (unpaired) electrons. The number of aromatic nitrogens is 2. The Bertz CT molecular complexity index is 2970. The first-order valence-corrected chi connectivity index (χ1v) is 23.0. The van der Waals surface area contributed by atoms with Crippen LogP contribution in [0.5, 0.6) is 0 Å². The van der Waals surface area contributed by atoms with E-state index in [1.807, 2.05) is 46.8 Å². The minimum absolute atomic E-state index is 0.00281. The number of rotatable bonds is 12. The lowest BCUT2D eigenvalue weighted by Gasteiger charge is -2.34. The maximum absolute atomic E-state index is 15.0. The number of aryl methyl sites for hydroxylation is 2. The molecule has 0 atom stereocenters. The average molecular weight is 944 g/mol. The highest BCUT2D eigenvalue weighted by Gasteiger charge is 2.36. The van der Waals surface area contributed by atoms with E-state index in [1.54, 1.807) is 50.5 Å². The summed E-state index contributed by atoms with van der Waals surface area (Å²) >= 11 is 3.01. The van der Waals surface area contributed by atoms with Crippen molar-refractivity contribution in [2.24, 2.45) is 9.98 Å². The van der Waals surface area contributed by atoms with Gasteiger partial charge >= 0.3 is 12.1 Å². The standard InChI is InChI=1S/C50H44F3N7O5S2/c1-4-58-15-17-59(18-16-58)30-35-13-14-40(25-41(35)50(51,52)53)60(48(63)33-11-9-31(2)42(23-33)56-46(61)38-21-36(26-54-28-38)44-7-5-19-66-44)65-49(64)34-12-10-32(3)43(24-34)57-47(62)39-22-37(27-55-29-39)45-8-6-20-67-45/h5-14,19-29H,4,15-18,30H2,1-3H3,(H,56,61)(H,57,62). The lowest BCUT2D eigenvalue weighted by Crippen LogP contribution is -2.45. The number of aliphatic hydroxyl groups is 2. The van der Waals surface area contributed by atoms with Gasteiger partial charge in [-0.2, -0.15) is 13.2 Å². The van der Waals surface area contributed by atoms with Gasteiger partial charge in [-0.15, -0.1) is 27.7 Å². The summed E-state index contributed by atoms with van der Waals surface area (Å²) in [5.74, 6) is -2.86. The molecule has 1 aliphatic heterocycles. The van der Waals surface area contributed by atoms with Crippen LogP contribution in [0.3, 0.4) is 0 Å². The first-order chi connectivity index (χ1) is 32.2.